The highest BCUT2D eigenvalue weighted by Gasteiger charge is 2.46. The van der Waals surface area contributed by atoms with E-state index in [1.807, 2.05) is 30.3 Å². The second-order valence-electron chi connectivity index (χ2n) is 8.31. The lowest BCUT2D eigenvalue weighted by Crippen LogP contribution is -2.60. The van der Waals surface area contributed by atoms with Crippen molar-refractivity contribution in [2.24, 2.45) is 5.73 Å². The van der Waals surface area contributed by atoms with Gasteiger partial charge < -0.3 is 4.74 Å². The van der Waals surface area contributed by atoms with Gasteiger partial charge in [0.25, 0.3) is 5.66 Å². The molecule has 0 spiro atoms. The molecule has 1 aliphatic rings. The Balaban J connectivity index is 1.88. The van der Waals surface area contributed by atoms with Gasteiger partial charge in [-0.15, -0.1) is 0 Å². The SMILES string of the molecule is [C-]#[N+][C@]1(N)CC[C@@](CO[C@H](C)c2cc(C(F)(F)F)cc(C(F)(F)F)c2)(c2ccccc2)NC1. The zero-order valence-corrected chi connectivity index (χ0v) is 17.7. The minimum absolute atomic E-state index is 0.0378. The molecule has 4 nitrogen and oxygen atoms in total. The maximum Gasteiger partial charge on any atom is 0.416 e. The van der Waals surface area contributed by atoms with Crippen molar-refractivity contribution in [2.45, 2.75) is 49.4 Å². The fourth-order valence-corrected chi connectivity index (χ4v) is 3.81. The van der Waals surface area contributed by atoms with Gasteiger partial charge in [-0.2, -0.15) is 26.3 Å². The number of halogens is 6. The molecule has 1 aliphatic heterocycles. The summed E-state index contributed by atoms with van der Waals surface area (Å²) >= 11 is 0. The monoisotopic (exact) mass is 471 g/mol. The van der Waals surface area contributed by atoms with Gasteiger partial charge in [-0.25, -0.2) is 6.57 Å². The van der Waals surface area contributed by atoms with Crippen LogP contribution in [-0.2, 0) is 22.6 Å². The van der Waals surface area contributed by atoms with E-state index in [1.165, 1.54) is 6.92 Å². The van der Waals surface area contributed by atoms with Crippen LogP contribution in [0.3, 0.4) is 0 Å². The minimum atomic E-state index is -4.93. The average molecular weight is 471 g/mol. The number of piperidine rings is 1. The van der Waals surface area contributed by atoms with Crippen molar-refractivity contribution in [3.05, 3.63) is 82.2 Å². The first-order chi connectivity index (χ1) is 15.3. The Morgan fingerprint density at radius 3 is 2.06 bits per heavy atom. The van der Waals surface area contributed by atoms with Crippen LogP contribution in [0.4, 0.5) is 26.3 Å². The topological polar surface area (TPSA) is 51.6 Å². The Bertz CT molecular complexity index is 973. The van der Waals surface area contributed by atoms with E-state index in [1.54, 1.807) is 0 Å². The first kappa shape index (κ1) is 25.0. The minimum Gasteiger partial charge on any atom is -0.372 e. The molecule has 10 heteroatoms. The summed E-state index contributed by atoms with van der Waals surface area (Å²) in [6.07, 6.45) is -10.2. The molecule has 0 unspecified atom stereocenters. The van der Waals surface area contributed by atoms with Gasteiger partial charge in [-0.05, 0) is 42.7 Å². The summed E-state index contributed by atoms with van der Waals surface area (Å²) in [5, 5.41) is 3.24. The molecule has 1 saturated heterocycles. The first-order valence-electron chi connectivity index (χ1n) is 10.2. The molecule has 0 aliphatic carbocycles. The Morgan fingerprint density at radius 1 is 1.03 bits per heavy atom. The van der Waals surface area contributed by atoms with E-state index in [0.29, 0.717) is 25.0 Å². The molecule has 0 aromatic heterocycles. The van der Waals surface area contributed by atoms with Gasteiger partial charge in [-0.3, -0.25) is 15.9 Å². The number of nitrogens with two attached hydrogens (primary N) is 1. The second-order valence-corrected chi connectivity index (χ2v) is 8.31. The van der Waals surface area contributed by atoms with Crippen LogP contribution in [0.1, 0.15) is 48.1 Å². The maximum atomic E-state index is 13.2. The fraction of sp³-hybridized carbons (Fsp3) is 0.435. The Kier molecular flexibility index (Phi) is 6.80. The van der Waals surface area contributed by atoms with Crippen LogP contribution in [-0.4, -0.2) is 18.8 Å². The third kappa shape index (κ3) is 5.66. The van der Waals surface area contributed by atoms with Crippen LogP contribution in [0.25, 0.3) is 4.85 Å². The maximum absolute atomic E-state index is 13.2. The Morgan fingerprint density at radius 2 is 1.61 bits per heavy atom. The van der Waals surface area contributed by atoms with E-state index in [2.05, 4.69) is 10.2 Å². The number of alkyl halides is 6. The van der Waals surface area contributed by atoms with Gasteiger partial charge >= 0.3 is 12.4 Å². The summed E-state index contributed by atoms with van der Waals surface area (Å²) in [5.74, 6) is 0. The van der Waals surface area contributed by atoms with Crippen LogP contribution in [0.15, 0.2) is 48.5 Å². The fourth-order valence-electron chi connectivity index (χ4n) is 3.81. The van der Waals surface area contributed by atoms with Crippen molar-refractivity contribution < 1.29 is 31.1 Å². The van der Waals surface area contributed by atoms with Gasteiger partial charge in [0, 0.05) is 6.42 Å². The molecule has 3 rings (SSSR count). The molecule has 0 saturated carbocycles. The summed E-state index contributed by atoms with van der Waals surface area (Å²) in [7, 11) is 0. The highest BCUT2D eigenvalue weighted by Crippen LogP contribution is 2.39. The second kappa shape index (κ2) is 8.97. The third-order valence-electron chi connectivity index (χ3n) is 5.93. The van der Waals surface area contributed by atoms with E-state index in [0.717, 1.165) is 5.56 Å². The van der Waals surface area contributed by atoms with Gasteiger partial charge in [0.2, 0.25) is 0 Å². The molecule has 2 aromatic carbocycles. The molecular formula is C23H23F6N3O. The number of rotatable bonds is 5. The molecule has 1 heterocycles. The van der Waals surface area contributed by atoms with Crippen molar-refractivity contribution in [3.63, 3.8) is 0 Å². The Hall–Kier alpha value is -2.61. The summed E-state index contributed by atoms with van der Waals surface area (Å²) < 4.78 is 85.1. The molecule has 33 heavy (non-hydrogen) atoms. The van der Waals surface area contributed by atoms with Crippen molar-refractivity contribution in [1.29, 1.82) is 0 Å². The molecule has 0 amide bonds. The summed E-state index contributed by atoms with van der Waals surface area (Å²) in [5.41, 5.74) is 1.98. The summed E-state index contributed by atoms with van der Waals surface area (Å²) in [4.78, 5) is 3.46. The zero-order chi connectivity index (χ0) is 24.5. The molecule has 3 N–H and O–H groups in total. The van der Waals surface area contributed by atoms with Crippen LogP contribution in [0, 0.1) is 6.57 Å². The molecule has 178 valence electrons. The highest BCUT2D eigenvalue weighted by molar-refractivity contribution is 5.35. The van der Waals surface area contributed by atoms with Crippen LogP contribution in [0.5, 0.6) is 0 Å². The Labute approximate surface area is 187 Å². The number of hydrogen-bond acceptors (Lipinski definition) is 3. The van der Waals surface area contributed by atoms with Crippen molar-refractivity contribution in [2.75, 3.05) is 13.2 Å². The van der Waals surface area contributed by atoms with Gasteiger partial charge in [0.15, 0.2) is 0 Å². The summed E-state index contributed by atoms with van der Waals surface area (Å²) in [6.45, 7) is 8.82. The van der Waals surface area contributed by atoms with E-state index in [-0.39, 0.29) is 24.8 Å². The molecule has 0 radical (unpaired) electrons. The van der Waals surface area contributed by atoms with E-state index in [9.17, 15) is 26.3 Å². The van der Waals surface area contributed by atoms with E-state index < -0.39 is 40.8 Å². The number of benzene rings is 2. The lowest BCUT2D eigenvalue weighted by molar-refractivity contribution is -0.143. The highest BCUT2D eigenvalue weighted by atomic mass is 19.4. The van der Waals surface area contributed by atoms with Crippen molar-refractivity contribution in [1.82, 2.24) is 5.32 Å². The van der Waals surface area contributed by atoms with Gasteiger partial charge in [-0.1, -0.05) is 30.3 Å². The average Bonchev–Trinajstić information content (AvgIpc) is 2.78. The van der Waals surface area contributed by atoms with Crippen molar-refractivity contribution in [3.8, 4) is 0 Å². The standard InChI is InChI=1S/C23H23F6N3O/c1-15(16-10-18(22(24,25)26)12-19(11-16)23(27,28)29)33-14-20(17-6-4-3-5-7-17)8-9-21(30,31-2)13-32-20/h3-7,10-12,15,32H,8-9,13-14,30H2,1H3/t15-,20-,21-/m1/s1. The van der Waals surface area contributed by atoms with Crippen LogP contribution >= 0.6 is 0 Å². The van der Waals surface area contributed by atoms with E-state index in [4.69, 9.17) is 17.0 Å². The summed E-state index contributed by atoms with van der Waals surface area (Å²) in [6, 6.07) is 10.6. The smallest absolute Gasteiger partial charge is 0.372 e. The van der Waals surface area contributed by atoms with Gasteiger partial charge in [0.05, 0.1) is 35.9 Å². The largest absolute Gasteiger partial charge is 0.416 e. The molecule has 2 aromatic rings. The zero-order valence-electron chi connectivity index (χ0n) is 17.7. The lowest BCUT2D eigenvalue weighted by Gasteiger charge is -2.42. The molecule has 1 fully saturated rings. The molecule has 0 bridgehead atoms. The number of nitrogens with one attached hydrogen (secondary N) is 1. The van der Waals surface area contributed by atoms with Gasteiger partial charge in [0.1, 0.15) is 0 Å². The molecule has 3 atom stereocenters. The van der Waals surface area contributed by atoms with Crippen molar-refractivity contribution >= 4 is 0 Å². The first-order valence-corrected chi connectivity index (χ1v) is 10.2. The third-order valence-corrected chi connectivity index (χ3v) is 5.93. The normalized spacial score (nSPS) is 24.8. The lowest BCUT2D eigenvalue weighted by atomic mass is 9.80. The van der Waals surface area contributed by atoms with Crippen LogP contribution in [0.2, 0.25) is 0 Å². The number of nitrogens with zero attached hydrogens (tertiary/aromatic N) is 1. The number of hydrogen-bond donors (Lipinski definition) is 2. The molecular weight excluding hydrogens is 448 g/mol. The van der Waals surface area contributed by atoms with E-state index >= 15 is 0 Å². The van der Waals surface area contributed by atoms with Crippen LogP contribution < -0.4 is 11.1 Å². The predicted molar refractivity (Wildman–Crippen MR) is 110 cm³/mol. The quantitative estimate of drug-likeness (QED) is 0.438. The number of ether oxygens (including phenoxy) is 1. The predicted octanol–water partition coefficient (Wildman–Crippen LogP) is 5.65.